The van der Waals surface area contributed by atoms with Gasteiger partial charge in [0.1, 0.15) is 12.4 Å². The first kappa shape index (κ1) is 23.9. The van der Waals surface area contributed by atoms with Gasteiger partial charge in [0.15, 0.2) is 5.78 Å². The van der Waals surface area contributed by atoms with Crippen molar-refractivity contribution in [3.8, 4) is 5.75 Å². The summed E-state index contributed by atoms with van der Waals surface area (Å²) in [6, 6.07) is 18.4. The SMILES string of the molecule is C=C(C)N(C(=C)c1ccc(C)cc1C)c1cccc2ccc(OCC(C)=O)cc12.CC. The van der Waals surface area contributed by atoms with E-state index in [0.717, 1.165) is 33.4 Å². The van der Waals surface area contributed by atoms with Gasteiger partial charge in [-0.1, -0.05) is 69.0 Å². The lowest BCUT2D eigenvalue weighted by molar-refractivity contribution is -0.118. The third-order valence-electron chi connectivity index (χ3n) is 4.86. The van der Waals surface area contributed by atoms with E-state index in [-0.39, 0.29) is 12.4 Å². The van der Waals surface area contributed by atoms with Crippen molar-refractivity contribution < 1.29 is 9.53 Å². The number of ketones is 1. The van der Waals surface area contributed by atoms with Crippen LogP contribution in [-0.4, -0.2) is 12.4 Å². The highest BCUT2D eigenvalue weighted by atomic mass is 16.5. The quantitative estimate of drug-likeness (QED) is 0.401. The summed E-state index contributed by atoms with van der Waals surface area (Å²) in [4.78, 5) is 13.4. The predicted molar refractivity (Wildman–Crippen MR) is 134 cm³/mol. The maximum atomic E-state index is 11.3. The molecule has 0 aliphatic carbocycles. The van der Waals surface area contributed by atoms with Crippen molar-refractivity contribution in [2.24, 2.45) is 0 Å². The van der Waals surface area contributed by atoms with Gasteiger partial charge in [0.05, 0.1) is 5.69 Å². The fourth-order valence-corrected chi connectivity index (χ4v) is 3.54. The molecule has 0 unspecified atom stereocenters. The van der Waals surface area contributed by atoms with Crippen LogP contribution in [-0.2, 0) is 4.79 Å². The summed E-state index contributed by atoms with van der Waals surface area (Å²) in [6.45, 7) is 20.3. The van der Waals surface area contributed by atoms with Gasteiger partial charge in [0, 0.05) is 22.3 Å². The van der Waals surface area contributed by atoms with Gasteiger partial charge in [-0.15, -0.1) is 0 Å². The highest BCUT2D eigenvalue weighted by Gasteiger charge is 2.17. The fourth-order valence-electron chi connectivity index (χ4n) is 3.54. The van der Waals surface area contributed by atoms with E-state index >= 15 is 0 Å². The first-order valence-electron chi connectivity index (χ1n) is 10.6. The van der Waals surface area contributed by atoms with Crippen LogP contribution in [0.4, 0.5) is 5.69 Å². The molecule has 0 aliphatic heterocycles. The molecule has 3 aromatic carbocycles. The van der Waals surface area contributed by atoms with Crippen LogP contribution in [0.2, 0.25) is 0 Å². The zero-order valence-corrected chi connectivity index (χ0v) is 19.6. The van der Waals surface area contributed by atoms with E-state index in [9.17, 15) is 4.79 Å². The van der Waals surface area contributed by atoms with E-state index in [0.29, 0.717) is 5.75 Å². The average Bonchev–Trinajstić information content (AvgIpc) is 2.73. The van der Waals surface area contributed by atoms with Gasteiger partial charge in [0.25, 0.3) is 0 Å². The second kappa shape index (κ2) is 10.6. The molecule has 0 bridgehead atoms. The van der Waals surface area contributed by atoms with Gasteiger partial charge in [-0.05, 0) is 56.8 Å². The van der Waals surface area contributed by atoms with Crippen molar-refractivity contribution in [1.82, 2.24) is 0 Å². The van der Waals surface area contributed by atoms with Crippen molar-refractivity contribution in [3.05, 3.63) is 90.1 Å². The lowest BCUT2D eigenvalue weighted by Gasteiger charge is -2.29. The second-order valence-corrected chi connectivity index (χ2v) is 7.49. The van der Waals surface area contributed by atoms with Crippen LogP contribution >= 0.6 is 0 Å². The zero-order chi connectivity index (χ0) is 23.1. The average molecular weight is 416 g/mol. The fraction of sp³-hybridized carbons (Fsp3) is 0.250. The third-order valence-corrected chi connectivity index (χ3v) is 4.86. The molecular formula is C28H33NO2. The zero-order valence-electron chi connectivity index (χ0n) is 19.6. The number of carbonyl (C=O) groups excluding carboxylic acids is 1. The van der Waals surface area contributed by atoms with Crippen LogP contribution < -0.4 is 9.64 Å². The van der Waals surface area contributed by atoms with Gasteiger partial charge in [-0.3, -0.25) is 4.79 Å². The van der Waals surface area contributed by atoms with E-state index in [1.54, 1.807) is 0 Å². The van der Waals surface area contributed by atoms with E-state index in [1.165, 1.54) is 18.1 Å². The summed E-state index contributed by atoms with van der Waals surface area (Å²) < 4.78 is 5.64. The molecule has 0 saturated carbocycles. The number of carbonyl (C=O) groups is 1. The van der Waals surface area contributed by atoms with E-state index in [1.807, 2.05) is 45.0 Å². The van der Waals surface area contributed by atoms with Gasteiger partial charge < -0.3 is 9.64 Å². The number of hydrogen-bond donors (Lipinski definition) is 0. The van der Waals surface area contributed by atoms with Gasteiger partial charge in [-0.25, -0.2) is 0 Å². The molecule has 0 saturated heterocycles. The summed E-state index contributed by atoms with van der Waals surface area (Å²) in [5.74, 6) is 0.657. The summed E-state index contributed by atoms with van der Waals surface area (Å²) in [7, 11) is 0. The van der Waals surface area contributed by atoms with Gasteiger partial charge in [-0.2, -0.15) is 0 Å². The number of hydrogen-bond acceptors (Lipinski definition) is 3. The van der Waals surface area contributed by atoms with Crippen molar-refractivity contribution in [3.63, 3.8) is 0 Å². The van der Waals surface area contributed by atoms with E-state index in [2.05, 4.69) is 62.2 Å². The number of Topliss-reactive ketones (excluding diaryl/α,β-unsaturated/α-hetero) is 1. The number of allylic oxidation sites excluding steroid dienone is 1. The Kier molecular flexibility index (Phi) is 8.21. The number of anilines is 1. The summed E-state index contributed by atoms with van der Waals surface area (Å²) >= 11 is 0. The summed E-state index contributed by atoms with van der Waals surface area (Å²) in [5.41, 5.74) is 6.20. The number of benzene rings is 3. The molecule has 0 heterocycles. The molecule has 0 aliphatic rings. The molecule has 0 spiro atoms. The molecule has 0 radical (unpaired) electrons. The smallest absolute Gasteiger partial charge is 0.167 e. The predicted octanol–water partition coefficient (Wildman–Crippen LogP) is 7.46. The monoisotopic (exact) mass is 415 g/mol. The second-order valence-electron chi connectivity index (χ2n) is 7.49. The largest absolute Gasteiger partial charge is 0.486 e. The number of aryl methyl sites for hydroxylation is 2. The molecule has 3 heteroatoms. The van der Waals surface area contributed by atoms with Crippen LogP contribution in [0.1, 0.15) is 44.4 Å². The molecule has 3 nitrogen and oxygen atoms in total. The lowest BCUT2D eigenvalue weighted by atomic mass is 10.0. The Balaban J connectivity index is 0.00000166. The first-order valence-corrected chi connectivity index (χ1v) is 10.6. The molecule has 0 amide bonds. The maximum absolute atomic E-state index is 11.3. The minimum atomic E-state index is -0.00910. The molecule has 0 aromatic heterocycles. The molecular weight excluding hydrogens is 382 g/mol. The van der Waals surface area contributed by atoms with E-state index in [4.69, 9.17) is 4.74 Å². The van der Waals surface area contributed by atoms with Crippen LogP contribution in [0.3, 0.4) is 0 Å². The van der Waals surface area contributed by atoms with Crippen LogP contribution in [0.5, 0.6) is 5.75 Å². The van der Waals surface area contributed by atoms with E-state index < -0.39 is 0 Å². The summed E-state index contributed by atoms with van der Waals surface area (Å²) in [6.07, 6.45) is 0. The Hall–Kier alpha value is -3.33. The Morgan fingerprint density at radius 1 is 0.968 bits per heavy atom. The van der Waals surface area contributed by atoms with Crippen LogP contribution in [0.15, 0.2) is 73.5 Å². The number of rotatable bonds is 7. The highest BCUT2D eigenvalue weighted by molar-refractivity contribution is 6.00. The van der Waals surface area contributed by atoms with Gasteiger partial charge in [0.2, 0.25) is 0 Å². The first-order chi connectivity index (χ1) is 14.8. The maximum Gasteiger partial charge on any atom is 0.167 e. The number of ether oxygens (including phenoxy) is 1. The molecule has 162 valence electrons. The topological polar surface area (TPSA) is 29.5 Å². The number of nitrogens with zero attached hydrogens (tertiary/aromatic N) is 1. The molecule has 0 N–H and O–H groups in total. The molecule has 3 rings (SSSR count). The lowest BCUT2D eigenvalue weighted by Crippen LogP contribution is -2.19. The molecule has 0 atom stereocenters. The summed E-state index contributed by atoms with van der Waals surface area (Å²) in [5, 5.41) is 2.10. The molecule has 0 fully saturated rings. The van der Waals surface area contributed by atoms with Crippen molar-refractivity contribution in [1.29, 1.82) is 0 Å². The standard InChI is InChI=1S/C26H27NO2.C2H6/c1-17(2)27(21(6)24-13-10-18(3)14-19(24)4)26-9-7-8-22-11-12-23(15-25(22)26)29-16-20(5)28;1-2/h7-15H,1,6,16H2,2-5H3;1-2H3. The molecule has 31 heavy (non-hydrogen) atoms. The Morgan fingerprint density at radius 2 is 1.68 bits per heavy atom. The number of fused-ring (bicyclic) bond motifs is 1. The minimum Gasteiger partial charge on any atom is -0.486 e. The molecule has 3 aromatic rings. The Morgan fingerprint density at radius 3 is 2.29 bits per heavy atom. The Labute approximate surface area is 186 Å². The normalized spacial score (nSPS) is 10.1. The third kappa shape index (κ3) is 5.64. The Bertz CT molecular complexity index is 1110. The minimum absolute atomic E-state index is 0.00910. The highest BCUT2D eigenvalue weighted by Crippen LogP contribution is 2.36. The van der Waals surface area contributed by atoms with Crippen molar-refractivity contribution in [2.75, 3.05) is 11.5 Å². The van der Waals surface area contributed by atoms with Crippen molar-refractivity contribution >= 4 is 27.9 Å². The van der Waals surface area contributed by atoms with Gasteiger partial charge >= 0.3 is 0 Å². The van der Waals surface area contributed by atoms with Crippen molar-refractivity contribution in [2.45, 2.75) is 41.5 Å². The van der Waals surface area contributed by atoms with Crippen LogP contribution in [0, 0.1) is 13.8 Å². The van der Waals surface area contributed by atoms with Crippen LogP contribution in [0.25, 0.3) is 16.5 Å².